The van der Waals surface area contributed by atoms with E-state index in [2.05, 4.69) is 0 Å². The van der Waals surface area contributed by atoms with E-state index in [9.17, 15) is 18.0 Å². The van der Waals surface area contributed by atoms with Gasteiger partial charge in [-0.3, -0.25) is 14.1 Å². The van der Waals surface area contributed by atoms with Crippen LogP contribution in [0.5, 0.6) is 5.75 Å². The molecule has 7 heteroatoms. The van der Waals surface area contributed by atoms with Crippen LogP contribution >= 0.6 is 0 Å². The quantitative estimate of drug-likeness (QED) is 0.380. The highest BCUT2D eigenvalue weighted by molar-refractivity contribution is 7.86. The number of benzene rings is 1. The van der Waals surface area contributed by atoms with Gasteiger partial charge in [0.15, 0.2) is 11.5 Å². The van der Waals surface area contributed by atoms with Gasteiger partial charge in [-0.2, -0.15) is 8.42 Å². The number of ether oxygens (including phenoxy) is 1. The van der Waals surface area contributed by atoms with E-state index in [0.717, 1.165) is 0 Å². The zero-order chi connectivity index (χ0) is 13.9. The first-order chi connectivity index (χ1) is 8.19. The van der Waals surface area contributed by atoms with Crippen molar-refractivity contribution >= 4 is 21.9 Å². The molecule has 0 saturated heterocycles. The van der Waals surface area contributed by atoms with Gasteiger partial charge >= 0.3 is 5.97 Å². The van der Waals surface area contributed by atoms with Crippen molar-refractivity contribution in [2.75, 3.05) is 5.75 Å². The molecule has 0 bridgehead atoms. The fourth-order valence-corrected chi connectivity index (χ4v) is 1.64. The molecule has 0 atom stereocenters. The first-order valence-corrected chi connectivity index (χ1v) is 6.57. The summed E-state index contributed by atoms with van der Waals surface area (Å²) in [5, 5.41) is 0. The molecule has 0 heterocycles. The minimum Gasteiger partial charge on any atom is -0.425 e. The van der Waals surface area contributed by atoms with Gasteiger partial charge in [0.2, 0.25) is 0 Å². The third-order valence-electron chi connectivity index (χ3n) is 2.11. The Balaban J connectivity index is 2.86. The van der Waals surface area contributed by atoms with E-state index in [1.807, 2.05) is 0 Å². The van der Waals surface area contributed by atoms with Crippen molar-refractivity contribution in [3.63, 3.8) is 0 Å². The van der Waals surface area contributed by atoms with Gasteiger partial charge in [-0.05, 0) is 37.6 Å². The molecule has 0 spiro atoms. The Morgan fingerprint density at radius 2 is 1.94 bits per heavy atom. The van der Waals surface area contributed by atoms with Crippen LogP contribution in [-0.2, 0) is 14.9 Å². The summed E-state index contributed by atoms with van der Waals surface area (Å²) in [6.07, 6.45) is 0. The summed E-state index contributed by atoms with van der Waals surface area (Å²) < 4.78 is 34.2. The van der Waals surface area contributed by atoms with Crippen LogP contribution in [0.4, 0.5) is 0 Å². The van der Waals surface area contributed by atoms with Gasteiger partial charge in [0.1, 0.15) is 5.75 Å². The first kappa shape index (κ1) is 14.3. The Morgan fingerprint density at radius 1 is 1.33 bits per heavy atom. The van der Waals surface area contributed by atoms with E-state index < -0.39 is 21.8 Å². The van der Waals surface area contributed by atoms with E-state index in [1.165, 1.54) is 25.1 Å². The summed E-state index contributed by atoms with van der Waals surface area (Å²) in [6, 6.07) is 4.39. The molecule has 0 aliphatic heterocycles. The van der Waals surface area contributed by atoms with Crippen molar-refractivity contribution in [3.05, 3.63) is 29.3 Å². The van der Waals surface area contributed by atoms with Crippen molar-refractivity contribution < 1.29 is 27.3 Å². The Bertz CT molecular complexity index is 588. The monoisotopic (exact) mass is 272 g/mol. The minimum atomic E-state index is -4.41. The molecule has 0 radical (unpaired) electrons. The number of carbonyl (C=O) groups excluding carboxylic acids is 2. The summed E-state index contributed by atoms with van der Waals surface area (Å²) >= 11 is 0. The van der Waals surface area contributed by atoms with Crippen molar-refractivity contribution in [1.29, 1.82) is 0 Å². The molecule has 0 saturated carbocycles. The normalized spacial score (nSPS) is 11.1. The highest BCUT2D eigenvalue weighted by atomic mass is 32.2. The number of ketones is 1. The maximum atomic E-state index is 11.2. The molecule has 18 heavy (non-hydrogen) atoms. The van der Waals surface area contributed by atoms with Gasteiger partial charge in [-0.15, -0.1) is 0 Å². The lowest BCUT2D eigenvalue weighted by Crippen LogP contribution is -2.20. The van der Waals surface area contributed by atoms with E-state index >= 15 is 0 Å². The summed E-state index contributed by atoms with van der Waals surface area (Å²) in [4.78, 5) is 22.3. The maximum absolute atomic E-state index is 11.2. The molecule has 1 rings (SSSR count). The summed E-state index contributed by atoms with van der Waals surface area (Å²) in [5.74, 6) is -2.18. The number of carbonyl (C=O) groups is 2. The topological polar surface area (TPSA) is 97.7 Å². The number of hydrogen-bond donors (Lipinski definition) is 1. The number of rotatable bonds is 4. The fourth-order valence-electron chi connectivity index (χ4n) is 1.28. The van der Waals surface area contributed by atoms with Gasteiger partial charge in [0, 0.05) is 5.56 Å². The van der Waals surface area contributed by atoms with Crippen LogP contribution in [-0.4, -0.2) is 30.5 Å². The molecule has 0 aliphatic rings. The number of aryl methyl sites for hydroxylation is 1. The Hall–Kier alpha value is -1.73. The van der Waals surface area contributed by atoms with Crippen molar-refractivity contribution in [2.24, 2.45) is 0 Å². The Labute approximate surface area is 104 Å². The molecular formula is C11H12O6S. The summed E-state index contributed by atoms with van der Waals surface area (Å²) in [6.45, 7) is 3.02. The van der Waals surface area contributed by atoms with Crippen LogP contribution in [0.1, 0.15) is 22.8 Å². The van der Waals surface area contributed by atoms with Crippen LogP contribution in [0.25, 0.3) is 0 Å². The summed E-state index contributed by atoms with van der Waals surface area (Å²) in [5.41, 5.74) is 0.980. The number of Topliss-reactive ketones (excluding diaryl/α,β-unsaturated/α-hetero) is 1. The van der Waals surface area contributed by atoms with Crippen LogP contribution in [0.3, 0.4) is 0 Å². The second-order valence-electron chi connectivity index (χ2n) is 3.74. The highest BCUT2D eigenvalue weighted by Crippen LogP contribution is 2.19. The first-order valence-electron chi connectivity index (χ1n) is 4.96. The predicted octanol–water partition coefficient (Wildman–Crippen LogP) is 0.991. The molecule has 0 unspecified atom stereocenters. The Kier molecular flexibility index (Phi) is 4.20. The van der Waals surface area contributed by atoms with E-state index in [1.54, 1.807) is 6.92 Å². The molecule has 6 nitrogen and oxygen atoms in total. The lowest BCUT2D eigenvalue weighted by Gasteiger charge is -2.07. The zero-order valence-corrected chi connectivity index (χ0v) is 10.7. The molecule has 98 valence electrons. The number of esters is 1. The van der Waals surface area contributed by atoms with Gasteiger partial charge in [-0.1, -0.05) is 0 Å². The highest BCUT2D eigenvalue weighted by Gasteiger charge is 2.16. The minimum absolute atomic E-state index is 0.131. The van der Waals surface area contributed by atoms with E-state index in [-0.39, 0.29) is 11.5 Å². The van der Waals surface area contributed by atoms with Gasteiger partial charge in [-0.25, -0.2) is 0 Å². The zero-order valence-electron chi connectivity index (χ0n) is 9.84. The molecule has 0 amide bonds. The van der Waals surface area contributed by atoms with Crippen molar-refractivity contribution in [1.82, 2.24) is 0 Å². The average Bonchev–Trinajstić information content (AvgIpc) is 2.17. The van der Waals surface area contributed by atoms with Gasteiger partial charge in [0.05, 0.1) is 0 Å². The van der Waals surface area contributed by atoms with E-state index in [4.69, 9.17) is 9.29 Å². The van der Waals surface area contributed by atoms with Crippen LogP contribution < -0.4 is 4.74 Å². The predicted molar refractivity (Wildman–Crippen MR) is 63.2 cm³/mol. The third kappa shape index (κ3) is 4.27. The lowest BCUT2D eigenvalue weighted by atomic mass is 10.1. The average molecular weight is 272 g/mol. The molecule has 0 aliphatic carbocycles. The van der Waals surface area contributed by atoms with Crippen molar-refractivity contribution in [2.45, 2.75) is 13.8 Å². The molecule has 0 fully saturated rings. The van der Waals surface area contributed by atoms with E-state index in [0.29, 0.717) is 11.1 Å². The second-order valence-corrected chi connectivity index (χ2v) is 5.19. The second kappa shape index (κ2) is 5.28. The maximum Gasteiger partial charge on any atom is 0.329 e. The molecule has 1 aromatic carbocycles. The molecule has 1 N–H and O–H groups in total. The molecule has 0 aromatic heterocycles. The van der Waals surface area contributed by atoms with Gasteiger partial charge in [0.25, 0.3) is 10.1 Å². The number of hydrogen-bond acceptors (Lipinski definition) is 5. The lowest BCUT2D eigenvalue weighted by molar-refractivity contribution is -0.131. The fraction of sp³-hybridized carbons (Fsp3) is 0.273. The largest absolute Gasteiger partial charge is 0.425 e. The SMILES string of the molecule is CC(=O)c1ccc(OC(=O)CS(=O)(=O)O)c(C)c1. The third-order valence-corrected chi connectivity index (χ3v) is 2.71. The summed E-state index contributed by atoms with van der Waals surface area (Å²) in [7, 11) is -4.41. The standard InChI is InChI=1S/C11H12O6S/c1-7-5-9(8(2)12)3-4-10(7)17-11(13)6-18(14,15)16/h3-5H,6H2,1-2H3,(H,14,15,16). The van der Waals surface area contributed by atoms with Crippen LogP contribution in [0.15, 0.2) is 18.2 Å². The molecular weight excluding hydrogens is 260 g/mol. The Morgan fingerprint density at radius 3 is 2.39 bits per heavy atom. The van der Waals surface area contributed by atoms with Crippen LogP contribution in [0, 0.1) is 6.92 Å². The van der Waals surface area contributed by atoms with Gasteiger partial charge < -0.3 is 4.74 Å². The van der Waals surface area contributed by atoms with Crippen molar-refractivity contribution in [3.8, 4) is 5.75 Å². The molecule has 1 aromatic rings. The smallest absolute Gasteiger partial charge is 0.329 e. The van der Waals surface area contributed by atoms with Crippen LogP contribution in [0.2, 0.25) is 0 Å².